The Morgan fingerprint density at radius 2 is 2.35 bits per heavy atom. The summed E-state index contributed by atoms with van der Waals surface area (Å²) in [4.78, 5) is 11.8. The Labute approximate surface area is 106 Å². The lowest BCUT2D eigenvalue weighted by atomic mass is 9.88. The first kappa shape index (κ1) is 12.4. The first-order valence-electron chi connectivity index (χ1n) is 6.02. The van der Waals surface area contributed by atoms with Crippen molar-refractivity contribution in [3.8, 4) is 0 Å². The average Bonchev–Trinajstić information content (AvgIpc) is 2.74. The molecule has 1 N–H and O–H groups in total. The zero-order chi connectivity index (χ0) is 12.3. The van der Waals surface area contributed by atoms with E-state index in [0.29, 0.717) is 23.8 Å². The Hall–Kier alpha value is -1.03. The van der Waals surface area contributed by atoms with Gasteiger partial charge in [0.2, 0.25) is 0 Å². The van der Waals surface area contributed by atoms with Crippen molar-refractivity contribution in [2.75, 3.05) is 6.54 Å². The molecule has 5 heteroatoms. The van der Waals surface area contributed by atoms with Crippen molar-refractivity contribution in [3.05, 3.63) is 17.5 Å². The molecule has 1 heterocycles. The fraction of sp³-hybridized carbons (Fsp3) is 0.667. The molecule has 1 saturated carbocycles. The van der Waals surface area contributed by atoms with Gasteiger partial charge in [-0.1, -0.05) is 18.0 Å². The highest BCUT2D eigenvalue weighted by Gasteiger charge is 2.24. The molecule has 1 aliphatic carbocycles. The lowest BCUT2D eigenvalue weighted by Gasteiger charge is -2.26. The van der Waals surface area contributed by atoms with Crippen molar-refractivity contribution < 1.29 is 9.32 Å². The minimum atomic E-state index is -0.127. The van der Waals surface area contributed by atoms with Crippen LogP contribution in [0.1, 0.15) is 41.8 Å². The molecule has 0 saturated heterocycles. The second-order valence-electron chi connectivity index (χ2n) is 4.57. The van der Waals surface area contributed by atoms with Crippen LogP contribution in [0.2, 0.25) is 0 Å². The Balaban J connectivity index is 1.86. The van der Waals surface area contributed by atoms with Gasteiger partial charge in [0.25, 0.3) is 5.91 Å². The fourth-order valence-corrected chi connectivity index (χ4v) is 2.60. The Kier molecular flexibility index (Phi) is 4.05. The van der Waals surface area contributed by atoms with Gasteiger partial charge < -0.3 is 9.84 Å². The van der Waals surface area contributed by atoms with Crippen LogP contribution in [0.15, 0.2) is 10.7 Å². The van der Waals surface area contributed by atoms with Gasteiger partial charge in [-0.15, -0.1) is 11.6 Å². The summed E-state index contributed by atoms with van der Waals surface area (Å²) < 4.78 is 4.86. The minimum absolute atomic E-state index is 0.127. The van der Waals surface area contributed by atoms with Crippen molar-refractivity contribution in [3.63, 3.8) is 0 Å². The number of aryl methyl sites for hydroxylation is 1. The maximum Gasteiger partial charge on any atom is 0.256 e. The summed E-state index contributed by atoms with van der Waals surface area (Å²) in [5.74, 6) is 0.807. The number of aromatic nitrogens is 1. The lowest BCUT2D eigenvalue weighted by Crippen LogP contribution is -2.34. The molecule has 94 valence electrons. The van der Waals surface area contributed by atoms with Crippen molar-refractivity contribution >= 4 is 17.5 Å². The second-order valence-corrected chi connectivity index (χ2v) is 5.13. The van der Waals surface area contributed by atoms with E-state index in [1.807, 2.05) is 0 Å². The molecule has 0 spiro atoms. The number of nitrogens with one attached hydrogen (secondary N) is 1. The monoisotopic (exact) mass is 256 g/mol. The number of nitrogens with zero attached hydrogens (tertiary/aromatic N) is 1. The summed E-state index contributed by atoms with van der Waals surface area (Å²) in [5, 5.41) is 6.68. The number of alkyl halides is 1. The molecule has 2 rings (SSSR count). The molecule has 1 fully saturated rings. The number of hydrogen-bond donors (Lipinski definition) is 1. The van der Waals surface area contributed by atoms with E-state index in [0.717, 1.165) is 12.8 Å². The SMILES string of the molecule is Cc1oncc1C(=O)NCC1CCCCC1Cl. The summed E-state index contributed by atoms with van der Waals surface area (Å²) in [5.41, 5.74) is 0.506. The Bertz CT molecular complexity index is 392. The third kappa shape index (κ3) is 3.00. The second kappa shape index (κ2) is 5.54. The molecular formula is C12H17ClN2O2. The molecule has 1 aromatic rings. The lowest BCUT2D eigenvalue weighted by molar-refractivity contribution is 0.0942. The predicted molar refractivity (Wildman–Crippen MR) is 65.2 cm³/mol. The summed E-state index contributed by atoms with van der Waals surface area (Å²) >= 11 is 6.24. The first-order valence-corrected chi connectivity index (χ1v) is 6.45. The van der Waals surface area contributed by atoms with E-state index < -0.39 is 0 Å². The van der Waals surface area contributed by atoms with Crippen molar-refractivity contribution in [2.24, 2.45) is 5.92 Å². The van der Waals surface area contributed by atoms with Crippen LogP contribution in [-0.2, 0) is 0 Å². The van der Waals surface area contributed by atoms with E-state index in [1.54, 1.807) is 6.92 Å². The summed E-state index contributed by atoms with van der Waals surface area (Å²) in [6, 6.07) is 0. The van der Waals surface area contributed by atoms with Gasteiger partial charge in [-0.05, 0) is 25.7 Å². The Morgan fingerprint density at radius 3 is 3.00 bits per heavy atom. The number of carbonyl (C=O) groups is 1. The zero-order valence-corrected chi connectivity index (χ0v) is 10.7. The predicted octanol–water partition coefficient (Wildman–Crippen LogP) is 2.51. The first-order chi connectivity index (χ1) is 8.18. The van der Waals surface area contributed by atoms with Crippen LogP contribution in [0.5, 0.6) is 0 Å². The molecule has 4 nitrogen and oxygen atoms in total. The van der Waals surface area contributed by atoms with Gasteiger partial charge in [0.15, 0.2) is 0 Å². The van der Waals surface area contributed by atoms with Crippen molar-refractivity contribution in [1.82, 2.24) is 10.5 Å². The normalized spacial score (nSPS) is 24.6. The number of rotatable bonds is 3. The number of hydrogen-bond acceptors (Lipinski definition) is 3. The molecule has 2 atom stereocenters. The molecule has 1 aliphatic rings. The Morgan fingerprint density at radius 1 is 1.59 bits per heavy atom. The van der Waals surface area contributed by atoms with Crippen LogP contribution in [0.25, 0.3) is 0 Å². The van der Waals surface area contributed by atoms with Gasteiger partial charge in [0, 0.05) is 11.9 Å². The van der Waals surface area contributed by atoms with E-state index in [1.165, 1.54) is 19.0 Å². The standard InChI is InChI=1S/C12H17ClN2O2/c1-8-10(7-15-17-8)12(16)14-6-9-4-2-3-5-11(9)13/h7,9,11H,2-6H2,1H3,(H,14,16). The molecular weight excluding hydrogens is 240 g/mol. The largest absolute Gasteiger partial charge is 0.361 e. The topological polar surface area (TPSA) is 55.1 Å². The smallest absolute Gasteiger partial charge is 0.256 e. The highest BCUT2D eigenvalue weighted by molar-refractivity contribution is 6.20. The maximum absolute atomic E-state index is 11.8. The van der Waals surface area contributed by atoms with Gasteiger partial charge in [-0.2, -0.15) is 0 Å². The molecule has 1 amide bonds. The van der Waals surface area contributed by atoms with Crippen molar-refractivity contribution in [2.45, 2.75) is 38.0 Å². The quantitative estimate of drug-likeness (QED) is 0.846. The van der Waals surface area contributed by atoms with Crippen LogP contribution in [0.4, 0.5) is 0 Å². The van der Waals surface area contributed by atoms with Gasteiger partial charge in [0.1, 0.15) is 11.3 Å². The molecule has 17 heavy (non-hydrogen) atoms. The average molecular weight is 257 g/mol. The molecule has 0 radical (unpaired) electrons. The summed E-state index contributed by atoms with van der Waals surface area (Å²) in [6.07, 6.45) is 5.99. The number of carbonyl (C=O) groups excluding carboxylic acids is 1. The molecule has 0 aliphatic heterocycles. The highest BCUT2D eigenvalue weighted by atomic mass is 35.5. The van der Waals surface area contributed by atoms with Crippen molar-refractivity contribution in [1.29, 1.82) is 0 Å². The van der Waals surface area contributed by atoms with E-state index in [9.17, 15) is 4.79 Å². The third-order valence-electron chi connectivity index (χ3n) is 3.34. The fourth-order valence-electron chi connectivity index (χ4n) is 2.23. The van der Waals surface area contributed by atoms with Crippen LogP contribution in [0.3, 0.4) is 0 Å². The molecule has 0 aromatic carbocycles. The number of halogens is 1. The summed E-state index contributed by atoms with van der Waals surface area (Å²) in [7, 11) is 0. The van der Waals surface area contributed by atoms with Crippen LogP contribution in [-0.4, -0.2) is 23.0 Å². The van der Waals surface area contributed by atoms with E-state index in [4.69, 9.17) is 16.1 Å². The maximum atomic E-state index is 11.8. The third-order valence-corrected chi connectivity index (χ3v) is 3.91. The van der Waals surface area contributed by atoms with Crippen LogP contribution >= 0.6 is 11.6 Å². The van der Waals surface area contributed by atoms with E-state index in [2.05, 4.69) is 10.5 Å². The van der Waals surface area contributed by atoms with Gasteiger partial charge in [-0.25, -0.2) is 0 Å². The molecule has 0 bridgehead atoms. The molecule has 1 aromatic heterocycles. The number of amides is 1. The van der Waals surface area contributed by atoms with E-state index >= 15 is 0 Å². The zero-order valence-electron chi connectivity index (χ0n) is 9.91. The van der Waals surface area contributed by atoms with Gasteiger partial charge in [-0.3, -0.25) is 4.79 Å². The van der Waals surface area contributed by atoms with Gasteiger partial charge >= 0.3 is 0 Å². The molecule has 2 unspecified atom stereocenters. The van der Waals surface area contributed by atoms with E-state index in [-0.39, 0.29) is 11.3 Å². The van der Waals surface area contributed by atoms with Gasteiger partial charge in [0.05, 0.1) is 6.20 Å². The van der Waals surface area contributed by atoms with Crippen LogP contribution < -0.4 is 5.32 Å². The minimum Gasteiger partial charge on any atom is -0.361 e. The highest BCUT2D eigenvalue weighted by Crippen LogP contribution is 2.28. The summed E-state index contributed by atoms with van der Waals surface area (Å²) in [6.45, 7) is 2.37. The van der Waals surface area contributed by atoms with Crippen LogP contribution in [0, 0.1) is 12.8 Å².